The number of carbonyl (C=O) groups excluding carboxylic acids is 2. The summed E-state index contributed by atoms with van der Waals surface area (Å²) < 4.78 is 21.0. The van der Waals surface area contributed by atoms with Gasteiger partial charge in [-0.05, 0) is 67.6 Å². The van der Waals surface area contributed by atoms with Crippen LogP contribution >= 0.6 is 0 Å². The molecule has 0 saturated heterocycles. The minimum atomic E-state index is -1.16. The quantitative estimate of drug-likeness (QED) is 0.0917. The number of benzene rings is 2. The highest BCUT2D eigenvalue weighted by atomic mass is 16.5. The molecule has 18 nitrogen and oxygen atoms in total. The number of imidazole rings is 2. The summed E-state index contributed by atoms with van der Waals surface area (Å²) in [4.78, 5) is 43.8. The number of nitrogens with one attached hydrogen (secondary N) is 2. The van der Waals surface area contributed by atoms with Crippen LogP contribution in [0.1, 0.15) is 26.7 Å². The van der Waals surface area contributed by atoms with Crippen LogP contribution < -0.4 is 24.8 Å². The number of aromatic nitrogens is 8. The Bertz CT molecular complexity index is 2830. The number of hydrogen-bond donors (Lipinski definition) is 5. The molecule has 0 aliphatic heterocycles. The Balaban J connectivity index is 1.02. The molecule has 2 unspecified atom stereocenters. The number of ether oxygens (including phenoxy) is 3. The fourth-order valence-corrected chi connectivity index (χ4v) is 6.18. The summed E-state index contributed by atoms with van der Waals surface area (Å²) in [5.41, 5.74) is 3.51. The van der Waals surface area contributed by atoms with Crippen LogP contribution in [0.25, 0.3) is 33.8 Å². The predicted molar refractivity (Wildman–Crippen MR) is 222 cm³/mol. The number of pyridine rings is 2. The maximum Gasteiger partial charge on any atom is 0.277 e. The van der Waals surface area contributed by atoms with Gasteiger partial charge in [-0.3, -0.25) is 9.59 Å². The summed E-state index contributed by atoms with van der Waals surface area (Å²) in [6.45, 7) is 0.663. The van der Waals surface area contributed by atoms with Gasteiger partial charge in [0.05, 0.1) is 24.7 Å². The molecule has 2 atom stereocenters. The van der Waals surface area contributed by atoms with E-state index in [0.29, 0.717) is 45.6 Å². The second-order valence-electron chi connectivity index (χ2n) is 13.6. The molecule has 2 amide bonds. The van der Waals surface area contributed by atoms with Crippen molar-refractivity contribution < 1.29 is 39.1 Å². The van der Waals surface area contributed by atoms with Crippen molar-refractivity contribution in [1.29, 1.82) is 0 Å². The average Bonchev–Trinajstić information content (AvgIpc) is 3.91. The molecule has 0 saturated carbocycles. The monoisotopic (exact) mass is 822 g/mol. The number of rotatable bonds is 16. The third-order valence-corrected chi connectivity index (χ3v) is 9.13. The smallest absolute Gasteiger partial charge is 0.277 e. The molecule has 18 heteroatoms. The highest BCUT2D eigenvalue weighted by molar-refractivity contribution is 6.03. The molecule has 5 N–H and O–H groups in total. The van der Waals surface area contributed by atoms with E-state index < -0.39 is 30.6 Å². The first-order chi connectivity index (χ1) is 29.7. The summed E-state index contributed by atoms with van der Waals surface area (Å²) in [6.07, 6.45) is 2.09. The molecule has 0 aliphatic carbocycles. The van der Waals surface area contributed by atoms with E-state index in [2.05, 4.69) is 30.6 Å². The van der Waals surface area contributed by atoms with Crippen molar-refractivity contribution in [1.82, 2.24) is 39.2 Å². The van der Waals surface area contributed by atoms with Gasteiger partial charge in [0.1, 0.15) is 60.9 Å². The molecule has 8 rings (SSSR count). The number of nitrogens with zero attached hydrogens (tertiary/aromatic N) is 8. The van der Waals surface area contributed by atoms with Gasteiger partial charge in [-0.25, -0.2) is 29.0 Å². The van der Waals surface area contributed by atoms with Gasteiger partial charge in [0.15, 0.2) is 28.4 Å². The van der Waals surface area contributed by atoms with Crippen LogP contribution in [0.15, 0.2) is 122 Å². The Labute approximate surface area is 347 Å². The van der Waals surface area contributed by atoms with Gasteiger partial charge in [-0.2, -0.15) is 10.2 Å². The van der Waals surface area contributed by atoms with Gasteiger partial charge < -0.3 is 40.2 Å². The van der Waals surface area contributed by atoms with E-state index in [1.54, 1.807) is 97.2 Å². The first-order valence-electron chi connectivity index (χ1n) is 19.0. The standard InChI is InChI=1S/C43H38N10O8/c1-26-9-8-15-38(47-26)49-43(58)33-21-46-40-19-36(41(51-53(33)40)30-11-3-5-13-35(30)59-23-27(55)22-54)61-25-28(56)24-60-34-12-4-2-10-29(34)31-16-17-39-45-20-32(52(39)50-31)42(57)48-37-14-6-7-18-44-37/h2-21,27-28,54-56H,22-25H2,1H3,(H,44,48,57)(H,47,49,58). The van der Waals surface area contributed by atoms with Gasteiger partial charge in [0, 0.05) is 29.1 Å². The minimum absolute atomic E-state index is 0.109. The molecular formula is C43H38N10O8. The molecular weight excluding hydrogens is 785 g/mol. The molecule has 0 aliphatic rings. The first kappa shape index (κ1) is 40.0. The van der Waals surface area contributed by atoms with Crippen molar-refractivity contribution >= 4 is 34.7 Å². The molecule has 0 spiro atoms. The minimum Gasteiger partial charge on any atom is -0.490 e. The van der Waals surface area contributed by atoms with Crippen LogP contribution in [0.3, 0.4) is 0 Å². The SMILES string of the molecule is Cc1cccc(NC(=O)c2cnc3cc(OCC(O)COc4ccccc4-c4ccc5ncc(C(=O)Nc6ccccn6)n5n4)c(-c4ccccc4OCC(O)CO)nn23)n1. The largest absolute Gasteiger partial charge is 0.490 e. The maximum absolute atomic E-state index is 13.4. The predicted octanol–water partition coefficient (Wildman–Crippen LogP) is 4.26. The summed E-state index contributed by atoms with van der Waals surface area (Å²) in [6, 6.07) is 29.5. The average molecular weight is 823 g/mol. The van der Waals surface area contributed by atoms with Crippen LogP contribution in [-0.2, 0) is 0 Å². The zero-order valence-electron chi connectivity index (χ0n) is 32.5. The third kappa shape index (κ3) is 9.10. The molecule has 2 aromatic carbocycles. The van der Waals surface area contributed by atoms with Crippen molar-refractivity contribution in [3.8, 4) is 39.8 Å². The van der Waals surface area contributed by atoms with Crippen molar-refractivity contribution in [3.63, 3.8) is 0 Å². The maximum atomic E-state index is 13.4. The second-order valence-corrected chi connectivity index (χ2v) is 13.6. The number of aryl methyl sites for hydroxylation is 1. The number of anilines is 2. The van der Waals surface area contributed by atoms with E-state index in [-0.39, 0.29) is 48.3 Å². The van der Waals surface area contributed by atoms with Crippen LogP contribution in [0.5, 0.6) is 17.2 Å². The number of hydrogen-bond acceptors (Lipinski definition) is 14. The molecule has 0 bridgehead atoms. The lowest BCUT2D eigenvalue weighted by Crippen LogP contribution is -2.25. The highest BCUT2D eigenvalue weighted by Crippen LogP contribution is 2.36. The van der Waals surface area contributed by atoms with E-state index in [9.17, 15) is 24.9 Å². The molecule has 6 aromatic heterocycles. The highest BCUT2D eigenvalue weighted by Gasteiger charge is 2.23. The third-order valence-electron chi connectivity index (χ3n) is 9.13. The Morgan fingerprint density at radius 2 is 1.25 bits per heavy atom. The number of fused-ring (bicyclic) bond motifs is 2. The molecule has 61 heavy (non-hydrogen) atoms. The topological polar surface area (TPSA) is 233 Å². The number of aliphatic hydroxyl groups is 3. The van der Waals surface area contributed by atoms with E-state index in [4.69, 9.17) is 24.4 Å². The lowest BCUT2D eigenvalue weighted by molar-refractivity contribution is 0.0537. The van der Waals surface area contributed by atoms with Gasteiger partial charge in [0.2, 0.25) is 0 Å². The van der Waals surface area contributed by atoms with Crippen molar-refractivity contribution in [2.24, 2.45) is 0 Å². The summed E-state index contributed by atoms with van der Waals surface area (Å²) in [5.74, 6) is 0.715. The summed E-state index contributed by atoms with van der Waals surface area (Å²) in [7, 11) is 0. The molecule has 0 fully saturated rings. The van der Waals surface area contributed by atoms with E-state index in [1.807, 2.05) is 19.1 Å². The lowest BCUT2D eigenvalue weighted by Gasteiger charge is -2.18. The van der Waals surface area contributed by atoms with Crippen molar-refractivity contribution in [3.05, 3.63) is 139 Å². The number of carbonyl (C=O) groups is 2. The summed E-state index contributed by atoms with van der Waals surface area (Å²) >= 11 is 0. The fourth-order valence-electron chi connectivity index (χ4n) is 6.18. The zero-order chi connectivity index (χ0) is 42.3. The molecule has 308 valence electrons. The number of amides is 2. The van der Waals surface area contributed by atoms with Gasteiger partial charge in [-0.15, -0.1) is 0 Å². The number of aliphatic hydroxyl groups excluding tert-OH is 3. The normalized spacial score (nSPS) is 12.2. The Morgan fingerprint density at radius 1 is 0.639 bits per heavy atom. The lowest BCUT2D eigenvalue weighted by atomic mass is 10.1. The number of para-hydroxylation sites is 2. The Hall–Kier alpha value is -7.80. The Morgan fingerprint density at radius 3 is 1.95 bits per heavy atom. The van der Waals surface area contributed by atoms with Gasteiger partial charge in [0.25, 0.3) is 11.8 Å². The van der Waals surface area contributed by atoms with E-state index in [0.717, 1.165) is 5.69 Å². The van der Waals surface area contributed by atoms with Crippen LogP contribution in [0.2, 0.25) is 0 Å². The zero-order valence-corrected chi connectivity index (χ0v) is 32.5. The summed E-state index contributed by atoms with van der Waals surface area (Å²) in [5, 5.41) is 45.6. The van der Waals surface area contributed by atoms with Gasteiger partial charge in [-0.1, -0.05) is 36.4 Å². The van der Waals surface area contributed by atoms with Crippen LogP contribution in [0, 0.1) is 6.92 Å². The van der Waals surface area contributed by atoms with Gasteiger partial charge >= 0.3 is 0 Å². The second kappa shape index (κ2) is 18.0. The van der Waals surface area contributed by atoms with Crippen molar-refractivity contribution in [2.75, 3.05) is 37.1 Å². The fraction of sp³-hybridized carbons (Fsp3) is 0.163. The van der Waals surface area contributed by atoms with Crippen molar-refractivity contribution in [2.45, 2.75) is 19.1 Å². The first-order valence-corrected chi connectivity index (χ1v) is 19.0. The van der Waals surface area contributed by atoms with Crippen LogP contribution in [-0.4, -0.2) is 105 Å². The molecule has 6 heterocycles. The molecule has 0 radical (unpaired) electrons. The van der Waals surface area contributed by atoms with E-state index >= 15 is 0 Å². The Kier molecular flexibility index (Phi) is 11.8. The van der Waals surface area contributed by atoms with Crippen LogP contribution in [0.4, 0.5) is 11.6 Å². The molecule has 8 aromatic rings. The van der Waals surface area contributed by atoms with E-state index in [1.165, 1.54) is 21.4 Å².